The van der Waals surface area contributed by atoms with E-state index in [1.807, 2.05) is 0 Å². The van der Waals surface area contributed by atoms with Crippen LogP contribution in [0, 0.1) is 5.92 Å². The van der Waals surface area contributed by atoms with Crippen molar-refractivity contribution in [3.63, 3.8) is 0 Å². The summed E-state index contributed by atoms with van der Waals surface area (Å²) in [5.74, 6) is 0.209. The van der Waals surface area contributed by atoms with Gasteiger partial charge >= 0.3 is 0 Å². The van der Waals surface area contributed by atoms with Gasteiger partial charge in [-0.15, -0.1) is 0 Å². The average molecular weight is 191 g/mol. The molecule has 14 heavy (non-hydrogen) atoms. The van der Waals surface area contributed by atoms with Gasteiger partial charge in [-0.05, 0) is 30.7 Å². The minimum Gasteiger partial charge on any atom is -0.399 e. The highest BCUT2D eigenvalue weighted by atomic mass is 16.5. The zero-order valence-corrected chi connectivity index (χ0v) is 7.90. The second-order valence-electron chi connectivity index (χ2n) is 3.55. The second-order valence-corrected chi connectivity index (χ2v) is 3.55. The van der Waals surface area contributed by atoms with E-state index in [2.05, 4.69) is 0 Å². The van der Waals surface area contributed by atoms with E-state index < -0.39 is 0 Å². The number of carbonyl (C=O) groups excluding carboxylic acids is 1. The van der Waals surface area contributed by atoms with Gasteiger partial charge in [0.2, 0.25) is 0 Å². The Morgan fingerprint density at radius 3 is 2.64 bits per heavy atom. The molecule has 1 heterocycles. The summed E-state index contributed by atoms with van der Waals surface area (Å²) < 4.78 is 5.18. The van der Waals surface area contributed by atoms with Crippen LogP contribution in [-0.4, -0.2) is 19.0 Å². The third-order valence-electron chi connectivity index (χ3n) is 2.50. The van der Waals surface area contributed by atoms with E-state index in [-0.39, 0.29) is 11.7 Å². The molecule has 2 N–H and O–H groups in total. The second kappa shape index (κ2) is 3.80. The van der Waals surface area contributed by atoms with Crippen LogP contribution in [0.15, 0.2) is 24.3 Å². The molecule has 0 radical (unpaired) electrons. The van der Waals surface area contributed by atoms with Gasteiger partial charge in [-0.1, -0.05) is 0 Å². The number of ketones is 1. The topological polar surface area (TPSA) is 52.3 Å². The summed E-state index contributed by atoms with van der Waals surface area (Å²) >= 11 is 0. The Bertz CT molecular complexity index is 326. The molecule has 0 bridgehead atoms. The maximum absolute atomic E-state index is 11.8. The van der Waals surface area contributed by atoms with E-state index in [1.165, 1.54) is 0 Å². The molecule has 0 spiro atoms. The summed E-state index contributed by atoms with van der Waals surface area (Å²) in [5.41, 5.74) is 6.96. The van der Waals surface area contributed by atoms with Gasteiger partial charge in [-0.3, -0.25) is 4.79 Å². The number of hydrogen-bond acceptors (Lipinski definition) is 3. The molecular weight excluding hydrogens is 178 g/mol. The van der Waals surface area contributed by atoms with Crippen LogP contribution < -0.4 is 5.73 Å². The Hall–Kier alpha value is -1.35. The smallest absolute Gasteiger partial charge is 0.168 e. The third kappa shape index (κ3) is 1.77. The van der Waals surface area contributed by atoms with Gasteiger partial charge in [-0.2, -0.15) is 0 Å². The molecule has 1 fully saturated rings. The van der Waals surface area contributed by atoms with Crippen molar-refractivity contribution in [1.29, 1.82) is 0 Å². The molecule has 1 aromatic carbocycles. The van der Waals surface area contributed by atoms with Gasteiger partial charge in [0.15, 0.2) is 5.78 Å². The molecule has 74 valence electrons. The Morgan fingerprint density at radius 1 is 1.36 bits per heavy atom. The van der Waals surface area contributed by atoms with Gasteiger partial charge in [0, 0.05) is 23.8 Å². The standard InChI is InChI=1S/C11H13NO2/c12-10-3-1-8(2-4-10)11(13)9-5-6-14-7-9/h1-4,9H,5-7,12H2. The first-order chi connectivity index (χ1) is 6.77. The summed E-state index contributed by atoms with van der Waals surface area (Å²) in [6, 6.07) is 7.05. The molecule has 3 nitrogen and oxygen atoms in total. The maximum Gasteiger partial charge on any atom is 0.168 e. The number of nitrogen functional groups attached to an aromatic ring is 1. The molecule has 2 rings (SSSR count). The largest absolute Gasteiger partial charge is 0.399 e. The number of nitrogens with two attached hydrogens (primary N) is 1. The molecule has 3 heteroatoms. The van der Waals surface area contributed by atoms with E-state index >= 15 is 0 Å². The Balaban J connectivity index is 2.14. The molecule has 0 aliphatic carbocycles. The highest BCUT2D eigenvalue weighted by Crippen LogP contribution is 2.18. The van der Waals surface area contributed by atoms with Crippen LogP contribution >= 0.6 is 0 Å². The van der Waals surface area contributed by atoms with Crippen molar-refractivity contribution in [2.75, 3.05) is 18.9 Å². The highest BCUT2D eigenvalue weighted by molar-refractivity contribution is 5.98. The Kier molecular flexibility index (Phi) is 2.50. The molecule has 1 saturated heterocycles. The van der Waals surface area contributed by atoms with Crippen molar-refractivity contribution < 1.29 is 9.53 Å². The lowest BCUT2D eigenvalue weighted by atomic mass is 9.97. The summed E-state index contributed by atoms with van der Waals surface area (Å²) in [6.45, 7) is 1.26. The number of hydrogen-bond donors (Lipinski definition) is 1. The van der Waals surface area contributed by atoms with E-state index in [0.717, 1.165) is 12.0 Å². The predicted octanol–water partition coefficient (Wildman–Crippen LogP) is 1.49. The predicted molar refractivity (Wildman–Crippen MR) is 54.1 cm³/mol. The highest BCUT2D eigenvalue weighted by Gasteiger charge is 2.24. The fourth-order valence-electron chi connectivity index (χ4n) is 1.62. The zero-order chi connectivity index (χ0) is 9.97. The van der Waals surface area contributed by atoms with Gasteiger partial charge in [-0.25, -0.2) is 0 Å². The Morgan fingerprint density at radius 2 is 2.07 bits per heavy atom. The molecule has 1 aliphatic rings. The van der Waals surface area contributed by atoms with Gasteiger partial charge < -0.3 is 10.5 Å². The number of anilines is 1. The molecular formula is C11H13NO2. The molecule has 0 amide bonds. The van der Waals surface area contributed by atoms with E-state index in [1.54, 1.807) is 24.3 Å². The Labute approximate surface area is 82.9 Å². The molecule has 1 atom stereocenters. The van der Waals surface area contributed by atoms with Crippen molar-refractivity contribution in [3.05, 3.63) is 29.8 Å². The summed E-state index contributed by atoms with van der Waals surface area (Å²) in [4.78, 5) is 11.8. The number of rotatable bonds is 2. The summed E-state index contributed by atoms with van der Waals surface area (Å²) in [6.07, 6.45) is 0.837. The quantitative estimate of drug-likeness (QED) is 0.569. The number of Topliss-reactive ketones (excluding diaryl/α,β-unsaturated/α-hetero) is 1. The van der Waals surface area contributed by atoms with Crippen LogP contribution in [0.25, 0.3) is 0 Å². The van der Waals surface area contributed by atoms with Crippen LogP contribution in [0.4, 0.5) is 5.69 Å². The molecule has 1 aliphatic heterocycles. The SMILES string of the molecule is Nc1ccc(C(=O)C2CCOC2)cc1. The lowest BCUT2D eigenvalue weighted by molar-refractivity contribution is 0.0900. The normalized spacial score (nSPS) is 21.0. The summed E-state index contributed by atoms with van der Waals surface area (Å²) in [7, 11) is 0. The van der Waals surface area contributed by atoms with Crippen molar-refractivity contribution in [2.24, 2.45) is 5.92 Å². The van der Waals surface area contributed by atoms with Gasteiger partial charge in [0.25, 0.3) is 0 Å². The number of benzene rings is 1. The van der Waals surface area contributed by atoms with Crippen molar-refractivity contribution >= 4 is 11.5 Å². The van der Waals surface area contributed by atoms with Crippen molar-refractivity contribution in [1.82, 2.24) is 0 Å². The lowest BCUT2D eigenvalue weighted by Crippen LogP contribution is -2.14. The fraction of sp³-hybridized carbons (Fsp3) is 0.364. The van der Waals surface area contributed by atoms with Crippen molar-refractivity contribution in [2.45, 2.75) is 6.42 Å². The van der Waals surface area contributed by atoms with E-state index in [4.69, 9.17) is 10.5 Å². The molecule has 1 aromatic rings. The van der Waals surface area contributed by atoms with E-state index in [0.29, 0.717) is 18.9 Å². The van der Waals surface area contributed by atoms with Crippen LogP contribution in [0.2, 0.25) is 0 Å². The first kappa shape index (κ1) is 9.21. The minimum atomic E-state index is 0.0404. The zero-order valence-electron chi connectivity index (χ0n) is 7.90. The minimum absolute atomic E-state index is 0.0404. The molecule has 0 saturated carbocycles. The molecule has 1 unspecified atom stereocenters. The van der Waals surface area contributed by atoms with Crippen LogP contribution in [0.5, 0.6) is 0 Å². The first-order valence-electron chi connectivity index (χ1n) is 4.75. The first-order valence-corrected chi connectivity index (χ1v) is 4.75. The lowest BCUT2D eigenvalue weighted by Gasteiger charge is -2.06. The third-order valence-corrected chi connectivity index (χ3v) is 2.50. The maximum atomic E-state index is 11.8. The van der Waals surface area contributed by atoms with Crippen LogP contribution in [0.3, 0.4) is 0 Å². The van der Waals surface area contributed by atoms with Gasteiger partial charge in [0.05, 0.1) is 6.61 Å². The average Bonchev–Trinajstić information content (AvgIpc) is 2.71. The van der Waals surface area contributed by atoms with Crippen LogP contribution in [0.1, 0.15) is 16.8 Å². The number of carbonyl (C=O) groups is 1. The van der Waals surface area contributed by atoms with Crippen LogP contribution in [-0.2, 0) is 4.74 Å². The monoisotopic (exact) mass is 191 g/mol. The fourth-order valence-corrected chi connectivity index (χ4v) is 1.62. The molecule has 0 aromatic heterocycles. The summed E-state index contributed by atoms with van der Waals surface area (Å²) in [5, 5.41) is 0. The van der Waals surface area contributed by atoms with Gasteiger partial charge in [0.1, 0.15) is 0 Å². The van der Waals surface area contributed by atoms with Crippen molar-refractivity contribution in [3.8, 4) is 0 Å². The van der Waals surface area contributed by atoms with E-state index in [9.17, 15) is 4.79 Å². The number of ether oxygens (including phenoxy) is 1.